The van der Waals surface area contributed by atoms with Crippen LogP contribution in [-0.4, -0.2) is 105 Å². The van der Waals surface area contributed by atoms with Gasteiger partial charge in [0.05, 0.1) is 6.54 Å². The number of carboxylic acids is 3. The molecule has 68 heavy (non-hydrogen) atoms. The smallest absolute Gasteiger partial charge is 0.326 e. The minimum Gasteiger partial charge on any atom is -0.481 e. The fraction of sp³-hybridized carbons (Fsp3) is 0.840. The number of hydrogen-bond acceptors (Lipinski definition) is 12. The summed E-state index contributed by atoms with van der Waals surface area (Å²) in [4.78, 5) is 97.7. The van der Waals surface area contributed by atoms with Crippen LogP contribution in [0.25, 0.3) is 0 Å². The Balaban J connectivity index is 5.09. The first kappa shape index (κ1) is 64.1. The molecule has 0 aromatic carbocycles. The lowest BCUT2D eigenvalue weighted by Gasteiger charge is -2.29. The zero-order chi connectivity index (χ0) is 50.7. The molecule has 0 radical (unpaired) electrons. The SMILES string of the molecule is CCCCCCCCCCCCCCCC(=O)OC[C@H](CSCCC(=O)N[C@](N)(CCC(=O)O)C(=O)NCC(=O)N[C@H](CCC(=O)O)C(=O)O)OC(=O)CCCCCCCCCCCCCCC. The predicted molar refractivity (Wildman–Crippen MR) is 265 cm³/mol. The zero-order valence-electron chi connectivity index (χ0n) is 41.7. The van der Waals surface area contributed by atoms with E-state index in [9.17, 15) is 48.6 Å². The summed E-state index contributed by atoms with van der Waals surface area (Å²) in [5.41, 5.74) is 3.92. The first-order chi connectivity index (χ1) is 32.6. The second kappa shape index (κ2) is 43.1. The van der Waals surface area contributed by atoms with Gasteiger partial charge in [0.2, 0.25) is 11.8 Å². The van der Waals surface area contributed by atoms with Crippen molar-refractivity contribution in [3.63, 3.8) is 0 Å². The van der Waals surface area contributed by atoms with E-state index in [0.717, 1.165) is 38.5 Å². The summed E-state index contributed by atoms with van der Waals surface area (Å²) in [6, 6.07) is -1.55. The standard InChI is InChI=1S/C50H90N4O13S/c1-3-5-7-9-11-13-15-17-19-21-23-25-27-29-46(61)66-38-40(67-47(62)30-28-26-24-22-20-18-16-14-12-10-8-6-4-2)39-68-36-34-42(55)54-50(51,35-33-45(59)60)49(65)52-37-43(56)53-41(48(63)64)31-32-44(57)58/h40-41H,3-39,51H2,1-2H3,(H,52,65)(H,53,56)(H,54,55)(H,57,58)(H,59,60)(H,63,64)/t40-,41-,50-/m1/s1. The Hall–Kier alpha value is -3.93. The van der Waals surface area contributed by atoms with Crippen LogP contribution in [0.2, 0.25) is 0 Å². The maximum Gasteiger partial charge on any atom is 0.326 e. The molecule has 0 aromatic heterocycles. The first-order valence-corrected chi connectivity index (χ1v) is 27.1. The number of amides is 3. The summed E-state index contributed by atoms with van der Waals surface area (Å²) in [6.07, 6.45) is 28.2. The highest BCUT2D eigenvalue weighted by molar-refractivity contribution is 7.99. The molecule has 0 saturated heterocycles. The topological polar surface area (TPSA) is 278 Å². The number of nitrogens with two attached hydrogens (primary N) is 1. The Morgan fingerprint density at radius 3 is 1.44 bits per heavy atom. The summed E-state index contributed by atoms with van der Waals surface area (Å²) in [5, 5.41) is 34.0. The van der Waals surface area contributed by atoms with Gasteiger partial charge in [0, 0.05) is 50.0 Å². The molecule has 8 N–H and O–H groups in total. The number of unbranched alkanes of at least 4 members (excludes halogenated alkanes) is 24. The Labute approximate surface area is 411 Å². The molecule has 18 heteroatoms. The van der Waals surface area contributed by atoms with Crippen LogP contribution >= 0.6 is 11.8 Å². The number of thioether (sulfide) groups is 1. The third-order valence-corrected chi connectivity index (χ3v) is 12.8. The monoisotopic (exact) mass is 987 g/mol. The Morgan fingerprint density at radius 1 is 0.559 bits per heavy atom. The minimum atomic E-state index is -2.26. The molecule has 0 aliphatic rings. The largest absolute Gasteiger partial charge is 0.481 e. The van der Waals surface area contributed by atoms with Gasteiger partial charge in [-0.3, -0.25) is 33.6 Å². The third kappa shape index (κ3) is 39.0. The molecule has 3 atom stereocenters. The molecule has 0 saturated carbocycles. The molecule has 0 unspecified atom stereocenters. The number of carbonyl (C=O) groups excluding carboxylic acids is 5. The van der Waals surface area contributed by atoms with Crippen molar-refractivity contribution in [1.82, 2.24) is 16.0 Å². The molecule has 394 valence electrons. The van der Waals surface area contributed by atoms with Gasteiger partial charge < -0.3 is 46.5 Å². The molecule has 3 amide bonds. The summed E-state index contributed by atoms with van der Waals surface area (Å²) < 4.78 is 11.3. The minimum absolute atomic E-state index is 0.136. The van der Waals surface area contributed by atoms with E-state index in [2.05, 4.69) is 29.8 Å². The van der Waals surface area contributed by atoms with Gasteiger partial charge >= 0.3 is 29.8 Å². The molecule has 0 heterocycles. The number of carbonyl (C=O) groups is 8. The van der Waals surface area contributed by atoms with Crippen LogP contribution in [0.1, 0.15) is 226 Å². The maximum absolute atomic E-state index is 13.1. The van der Waals surface area contributed by atoms with E-state index in [1.807, 2.05) is 0 Å². The van der Waals surface area contributed by atoms with E-state index in [0.29, 0.717) is 12.8 Å². The summed E-state index contributed by atoms with van der Waals surface area (Å²) in [5.74, 6) is -7.27. The van der Waals surface area contributed by atoms with Crippen molar-refractivity contribution in [1.29, 1.82) is 0 Å². The number of carboxylic acid groups (broad SMARTS) is 3. The predicted octanol–water partition coefficient (Wildman–Crippen LogP) is 8.71. The highest BCUT2D eigenvalue weighted by Crippen LogP contribution is 2.17. The number of nitrogens with one attached hydrogen (secondary N) is 3. The summed E-state index contributed by atoms with van der Waals surface area (Å²) in [6.45, 7) is 3.53. The fourth-order valence-electron chi connectivity index (χ4n) is 7.51. The second-order valence-electron chi connectivity index (χ2n) is 18.1. The average molecular weight is 987 g/mol. The fourth-order valence-corrected chi connectivity index (χ4v) is 8.43. The lowest BCUT2D eigenvalue weighted by Crippen LogP contribution is -2.66. The molecular formula is C50H90N4O13S. The molecule has 0 rings (SSSR count). The van der Waals surface area contributed by atoms with Gasteiger partial charge in [0.25, 0.3) is 5.91 Å². The van der Waals surface area contributed by atoms with Crippen LogP contribution in [0.5, 0.6) is 0 Å². The highest BCUT2D eigenvalue weighted by atomic mass is 32.2. The normalized spacial score (nSPS) is 12.9. The van der Waals surface area contributed by atoms with Gasteiger partial charge in [-0.2, -0.15) is 11.8 Å². The van der Waals surface area contributed by atoms with Crippen LogP contribution < -0.4 is 21.7 Å². The van der Waals surface area contributed by atoms with E-state index < -0.39 is 91.6 Å². The third-order valence-electron chi connectivity index (χ3n) is 11.7. The lowest BCUT2D eigenvalue weighted by molar-refractivity contribution is -0.157. The van der Waals surface area contributed by atoms with Crippen LogP contribution in [0, 0.1) is 0 Å². The first-order valence-electron chi connectivity index (χ1n) is 25.9. The highest BCUT2D eigenvalue weighted by Gasteiger charge is 2.36. The average Bonchev–Trinajstić information content (AvgIpc) is 3.29. The molecule has 0 aliphatic carbocycles. The van der Waals surface area contributed by atoms with E-state index in [-0.39, 0.29) is 43.3 Å². The molecular weight excluding hydrogens is 897 g/mol. The number of rotatable bonds is 48. The molecule has 0 bridgehead atoms. The number of hydrogen-bond donors (Lipinski definition) is 7. The van der Waals surface area contributed by atoms with E-state index >= 15 is 0 Å². The van der Waals surface area contributed by atoms with Gasteiger partial charge in [0.1, 0.15) is 18.8 Å². The Morgan fingerprint density at radius 2 is 1.00 bits per heavy atom. The van der Waals surface area contributed by atoms with Gasteiger partial charge in [-0.05, 0) is 19.3 Å². The van der Waals surface area contributed by atoms with Crippen molar-refractivity contribution in [3.8, 4) is 0 Å². The van der Waals surface area contributed by atoms with E-state index in [1.165, 1.54) is 127 Å². The zero-order valence-corrected chi connectivity index (χ0v) is 42.5. The molecule has 0 aromatic rings. The quantitative estimate of drug-likeness (QED) is 0.0171. The van der Waals surface area contributed by atoms with Crippen molar-refractivity contribution < 1.29 is 63.1 Å². The van der Waals surface area contributed by atoms with Crippen LogP contribution in [0.3, 0.4) is 0 Å². The summed E-state index contributed by atoms with van der Waals surface area (Å²) >= 11 is 1.25. The Kier molecular flexibility index (Phi) is 40.6. The second-order valence-corrected chi connectivity index (χ2v) is 19.2. The number of ether oxygens (including phenoxy) is 2. The summed E-state index contributed by atoms with van der Waals surface area (Å²) in [7, 11) is 0. The van der Waals surface area contributed by atoms with Gasteiger partial charge in [-0.1, -0.05) is 168 Å². The van der Waals surface area contributed by atoms with Crippen molar-refractivity contribution in [2.75, 3.05) is 24.7 Å². The molecule has 0 spiro atoms. The molecule has 0 fully saturated rings. The van der Waals surface area contributed by atoms with Gasteiger partial charge in [0.15, 0.2) is 5.66 Å². The van der Waals surface area contributed by atoms with Crippen molar-refractivity contribution >= 4 is 59.3 Å². The van der Waals surface area contributed by atoms with Gasteiger partial charge in [-0.25, -0.2) is 4.79 Å². The molecule has 0 aliphatic heterocycles. The number of esters is 2. The van der Waals surface area contributed by atoms with Crippen molar-refractivity contribution in [2.45, 2.75) is 244 Å². The van der Waals surface area contributed by atoms with Crippen LogP contribution in [0.4, 0.5) is 0 Å². The van der Waals surface area contributed by atoms with Crippen molar-refractivity contribution in [3.05, 3.63) is 0 Å². The van der Waals surface area contributed by atoms with Gasteiger partial charge in [-0.15, -0.1) is 0 Å². The maximum atomic E-state index is 13.1. The van der Waals surface area contributed by atoms with Crippen LogP contribution in [0.15, 0.2) is 0 Å². The lowest BCUT2D eigenvalue weighted by atomic mass is 10.0. The van der Waals surface area contributed by atoms with E-state index in [4.69, 9.17) is 20.3 Å². The van der Waals surface area contributed by atoms with E-state index in [1.54, 1.807) is 0 Å². The number of aliphatic carboxylic acids is 3. The van der Waals surface area contributed by atoms with Crippen LogP contribution in [-0.2, 0) is 47.8 Å². The van der Waals surface area contributed by atoms with Crippen molar-refractivity contribution in [2.24, 2.45) is 5.73 Å². The molecule has 17 nitrogen and oxygen atoms in total. The Bertz CT molecular complexity index is 1420.